The van der Waals surface area contributed by atoms with Crippen LogP contribution in [-0.2, 0) is 15.1 Å². The normalized spacial score (nSPS) is 13.9. The molecule has 0 radical (unpaired) electrons. The van der Waals surface area contributed by atoms with E-state index in [0.29, 0.717) is 22.6 Å². The lowest BCUT2D eigenvalue weighted by Crippen LogP contribution is -2.47. The van der Waals surface area contributed by atoms with Crippen molar-refractivity contribution in [1.82, 2.24) is 0 Å². The van der Waals surface area contributed by atoms with E-state index in [9.17, 15) is 9.90 Å². The van der Waals surface area contributed by atoms with E-state index in [-0.39, 0.29) is 18.3 Å². The number of rotatable bonds is 7. The molecule has 4 aromatic carbocycles. The number of aromatic hydroxyl groups is 1. The van der Waals surface area contributed by atoms with Crippen LogP contribution < -0.4 is 15.2 Å². The van der Waals surface area contributed by atoms with Crippen molar-refractivity contribution in [2.75, 3.05) is 20.8 Å². The molecule has 5 rings (SSSR count). The smallest absolute Gasteiger partial charge is 0.335 e. The molecule has 6 heteroatoms. The van der Waals surface area contributed by atoms with E-state index in [4.69, 9.17) is 19.9 Å². The summed E-state index contributed by atoms with van der Waals surface area (Å²) in [6, 6.07) is 27.6. The van der Waals surface area contributed by atoms with Gasteiger partial charge in [0.1, 0.15) is 23.9 Å². The summed E-state index contributed by atoms with van der Waals surface area (Å²) in [6.07, 6.45) is 0. The Bertz CT molecular complexity index is 1370. The van der Waals surface area contributed by atoms with Crippen molar-refractivity contribution < 1.29 is 24.1 Å². The first-order valence-electron chi connectivity index (χ1n) is 11.6. The Kier molecular flexibility index (Phi) is 6.12. The predicted octanol–water partition coefficient (Wildman–Crippen LogP) is 4.97. The van der Waals surface area contributed by atoms with Gasteiger partial charge in [0.05, 0.1) is 14.2 Å². The molecule has 1 atom stereocenters. The molecule has 3 N–H and O–H groups in total. The van der Waals surface area contributed by atoms with Gasteiger partial charge in [-0.05, 0) is 52.1 Å². The molecule has 1 aliphatic carbocycles. The molecule has 0 aromatic heterocycles. The van der Waals surface area contributed by atoms with Crippen LogP contribution in [0.5, 0.6) is 17.2 Å². The first-order valence-corrected chi connectivity index (χ1v) is 11.6. The summed E-state index contributed by atoms with van der Waals surface area (Å²) in [7, 11) is 3.06. The third-order valence-electron chi connectivity index (χ3n) is 6.82. The molecule has 0 saturated heterocycles. The van der Waals surface area contributed by atoms with Crippen LogP contribution in [0.2, 0.25) is 0 Å². The second kappa shape index (κ2) is 9.40. The van der Waals surface area contributed by atoms with Gasteiger partial charge in [0.2, 0.25) is 0 Å². The van der Waals surface area contributed by atoms with Crippen molar-refractivity contribution in [2.24, 2.45) is 5.73 Å². The van der Waals surface area contributed by atoms with E-state index in [1.807, 2.05) is 24.3 Å². The topological polar surface area (TPSA) is 91.0 Å². The van der Waals surface area contributed by atoms with Crippen LogP contribution in [0, 0.1) is 0 Å². The SMILES string of the molecule is COc1ccc(C(N)(C(=O)OCC2c3ccccc3-c3ccccc32)c2ccc(O)cc2)c(OC)c1. The number of ether oxygens (including phenoxy) is 3. The van der Waals surface area contributed by atoms with Gasteiger partial charge in [-0.1, -0.05) is 60.7 Å². The highest BCUT2D eigenvalue weighted by Gasteiger charge is 2.43. The van der Waals surface area contributed by atoms with Gasteiger partial charge in [0.25, 0.3) is 0 Å². The van der Waals surface area contributed by atoms with Gasteiger partial charge in [-0.2, -0.15) is 0 Å². The average molecular weight is 482 g/mol. The van der Waals surface area contributed by atoms with Crippen LogP contribution >= 0.6 is 0 Å². The quantitative estimate of drug-likeness (QED) is 0.362. The summed E-state index contributed by atoms with van der Waals surface area (Å²) in [5.74, 6) is 0.284. The zero-order valence-corrected chi connectivity index (χ0v) is 20.1. The number of fused-ring (bicyclic) bond motifs is 3. The molecule has 4 aromatic rings. The molecule has 0 amide bonds. The third kappa shape index (κ3) is 3.85. The largest absolute Gasteiger partial charge is 0.508 e. The second-order valence-electron chi connectivity index (χ2n) is 8.75. The Labute approximate surface area is 209 Å². The van der Waals surface area contributed by atoms with E-state index in [2.05, 4.69) is 24.3 Å². The molecule has 6 nitrogen and oxygen atoms in total. The average Bonchev–Trinajstić information content (AvgIpc) is 3.24. The maximum absolute atomic E-state index is 13.9. The second-order valence-corrected chi connectivity index (χ2v) is 8.75. The molecule has 0 spiro atoms. The highest BCUT2D eigenvalue weighted by molar-refractivity contribution is 5.88. The minimum Gasteiger partial charge on any atom is -0.508 e. The standard InChI is InChI=1S/C30H27NO5/c1-34-21-15-16-27(28(17-21)35-2)30(31,19-11-13-20(32)14-12-19)29(33)36-18-26-24-9-5-3-7-22(24)23-8-4-6-10-25(23)26/h3-17,26,32H,18,31H2,1-2H3. The van der Waals surface area contributed by atoms with E-state index >= 15 is 0 Å². The van der Waals surface area contributed by atoms with Gasteiger partial charge >= 0.3 is 5.97 Å². The number of carbonyl (C=O) groups excluding carboxylic acids is 1. The fourth-order valence-corrected chi connectivity index (χ4v) is 4.94. The van der Waals surface area contributed by atoms with Crippen molar-refractivity contribution in [3.63, 3.8) is 0 Å². The molecule has 0 saturated carbocycles. The lowest BCUT2D eigenvalue weighted by molar-refractivity contribution is -0.149. The Morgan fingerprint density at radius 1 is 0.861 bits per heavy atom. The number of esters is 1. The summed E-state index contributed by atoms with van der Waals surface area (Å²) in [4.78, 5) is 13.9. The van der Waals surface area contributed by atoms with Crippen LogP contribution in [0.15, 0.2) is 91.0 Å². The summed E-state index contributed by atoms with van der Waals surface area (Å²) < 4.78 is 16.9. The molecule has 0 bridgehead atoms. The van der Waals surface area contributed by atoms with Gasteiger partial charge < -0.3 is 25.1 Å². The zero-order chi connectivity index (χ0) is 25.3. The van der Waals surface area contributed by atoms with Gasteiger partial charge in [0, 0.05) is 17.5 Å². The van der Waals surface area contributed by atoms with Gasteiger partial charge in [0.15, 0.2) is 5.54 Å². The van der Waals surface area contributed by atoms with Crippen molar-refractivity contribution in [1.29, 1.82) is 0 Å². The van der Waals surface area contributed by atoms with Crippen LogP contribution in [0.3, 0.4) is 0 Å². The fraction of sp³-hybridized carbons (Fsp3) is 0.167. The summed E-state index contributed by atoms with van der Waals surface area (Å²) in [5, 5.41) is 9.84. The number of hydrogen-bond donors (Lipinski definition) is 2. The van der Waals surface area contributed by atoms with Crippen LogP contribution in [0.4, 0.5) is 0 Å². The number of methoxy groups -OCH3 is 2. The number of hydrogen-bond acceptors (Lipinski definition) is 6. The Hall–Kier alpha value is -4.29. The molecule has 1 aliphatic rings. The van der Waals surface area contributed by atoms with Crippen LogP contribution in [-0.4, -0.2) is 31.9 Å². The molecule has 36 heavy (non-hydrogen) atoms. The summed E-state index contributed by atoms with van der Waals surface area (Å²) in [6.45, 7) is 0.127. The first kappa shape index (κ1) is 23.5. The van der Waals surface area contributed by atoms with Gasteiger partial charge in [-0.3, -0.25) is 0 Å². The monoisotopic (exact) mass is 481 g/mol. The van der Waals surface area contributed by atoms with Crippen molar-refractivity contribution >= 4 is 5.97 Å². The third-order valence-corrected chi connectivity index (χ3v) is 6.82. The highest BCUT2D eigenvalue weighted by atomic mass is 16.5. The maximum Gasteiger partial charge on any atom is 0.335 e. The number of carbonyl (C=O) groups is 1. The Morgan fingerprint density at radius 2 is 1.47 bits per heavy atom. The number of phenols is 1. The molecule has 0 fully saturated rings. The minimum absolute atomic E-state index is 0.0651. The molecular formula is C30H27NO5. The van der Waals surface area contributed by atoms with Crippen LogP contribution in [0.25, 0.3) is 11.1 Å². The number of benzene rings is 4. The maximum atomic E-state index is 13.9. The summed E-state index contributed by atoms with van der Waals surface area (Å²) >= 11 is 0. The highest BCUT2D eigenvalue weighted by Crippen LogP contribution is 2.45. The first-order chi connectivity index (χ1) is 17.5. The van der Waals surface area contributed by atoms with Gasteiger partial charge in [-0.25, -0.2) is 4.79 Å². The lowest BCUT2D eigenvalue weighted by atomic mass is 9.83. The Balaban J connectivity index is 1.53. The van der Waals surface area contributed by atoms with Crippen LogP contribution in [0.1, 0.15) is 28.2 Å². The Morgan fingerprint density at radius 3 is 2.06 bits per heavy atom. The van der Waals surface area contributed by atoms with E-state index in [1.54, 1.807) is 37.4 Å². The molecule has 0 heterocycles. The molecule has 0 aliphatic heterocycles. The van der Waals surface area contributed by atoms with E-state index < -0.39 is 11.5 Å². The molecule has 1 unspecified atom stereocenters. The van der Waals surface area contributed by atoms with Crippen molar-refractivity contribution in [3.8, 4) is 28.4 Å². The van der Waals surface area contributed by atoms with Gasteiger partial charge in [-0.15, -0.1) is 0 Å². The fourth-order valence-electron chi connectivity index (χ4n) is 4.94. The zero-order valence-electron chi connectivity index (χ0n) is 20.1. The molecular weight excluding hydrogens is 454 g/mol. The number of nitrogens with two attached hydrogens (primary N) is 1. The molecule has 182 valence electrons. The van der Waals surface area contributed by atoms with Crippen molar-refractivity contribution in [3.05, 3.63) is 113 Å². The van der Waals surface area contributed by atoms with Crippen molar-refractivity contribution in [2.45, 2.75) is 11.5 Å². The van der Waals surface area contributed by atoms with E-state index in [1.165, 1.54) is 19.2 Å². The van der Waals surface area contributed by atoms with E-state index in [0.717, 1.165) is 22.3 Å². The predicted molar refractivity (Wildman–Crippen MR) is 137 cm³/mol. The number of phenolic OH excluding ortho intramolecular Hbond substituents is 1. The summed E-state index contributed by atoms with van der Waals surface area (Å²) in [5.41, 5.74) is 10.6. The minimum atomic E-state index is -1.69. The lowest BCUT2D eigenvalue weighted by Gasteiger charge is -2.30.